The lowest BCUT2D eigenvalue weighted by atomic mass is 9.99. The van der Waals surface area contributed by atoms with Gasteiger partial charge in [0.25, 0.3) is 0 Å². The zero-order chi connectivity index (χ0) is 13.0. The fourth-order valence-corrected chi connectivity index (χ4v) is 2.61. The molecule has 0 bridgehead atoms. The molecule has 0 spiro atoms. The van der Waals surface area contributed by atoms with Crippen LogP contribution < -0.4 is 0 Å². The van der Waals surface area contributed by atoms with Gasteiger partial charge in [-0.05, 0) is 56.6 Å². The van der Waals surface area contributed by atoms with Gasteiger partial charge in [0, 0.05) is 5.56 Å². The second-order valence-corrected chi connectivity index (χ2v) is 4.92. The number of ketones is 1. The summed E-state index contributed by atoms with van der Waals surface area (Å²) in [6.07, 6.45) is 4.23. The number of rotatable bonds is 5. The molecule has 1 atom stereocenters. The fraction of sp³-hybridized carbons (Fsp3) is 0.533. The molecular formula is C15H20FNO. The average Bonchev–Trinajstić information content (AvgIpc) is 2.90. The van der Waals surface area contributed by atoms with Crippen LogP contribution in [0.1, 0.15) is 43.0 Å². The van der Waals surface area contributed by atoms with Crippen molar-refractivity contribution in [2.24, 2.45) is 0 Å². The maximum absolute atomic E-state index is 12.9. The monoisotopic (exact) mass is 249 g/mol. The predicted octanol–water partition coefficient (Wildman–Crippen LogP) is 3.27. The summed E-state index contributed by atoms with van der Waals surface area (Å²) in [5.41, 5.74) is 0.627. The van der Waals surface area contributed by atoms with Crippen molar-refractivity contribution in [2.45, 2.75) is 38.6 Å². The van der Waals surface area contributed by atoms with E-state index in [1.807, 2.05) is 0 Å². The van der Waals surface area contributed by atoms with Crippen LogP contribution in [-0.4, -0.2) is 29.8 Å². The Kier molecular flexibility index (Phi) is 4.48. The number of likely N-dealkylation sites (tertiary alicyclic amines) is 1. The van der Waals surface area contributed by atoms with Gasteiger partial charge in [-0.15, -0.1) is 0 Å². The fourth-order valence-electron chi connectivity index (χ4n) is 2.61. The summed E-state index contributed by atoms with van der Waals surface area (Å²) < 4.78 is 12.9. The van der Waals surface area contributed by atoms with Gasteiger partial charge in [0.1, 0.15) is 5.82 Å². The SMILES string of the molecule is CCC[C@H](C(=O)c1ccc(F)cc1)N1CCCC1. The summed E-state index contributed by atoms with van der Waals surface area (Å²) in [5.74, 6) is -0.154. The third-order valence-corrected chi connectivity index (χ3v) is 3.57. The smallest absolute Gasteiger partial charge is 0.179 e. The summed E-state index contributed by atoms with van der Waals surface area (Å²) in [4.78, 5) is 14.7. The maximum atomic E-state index is 12.9. The standard InChI is InChI=1S/C15H20FNO/c1-2-5-14(17-10-3-4-11-17)15(18)12-6-8-13(16)9-7-12/h6-9,14H,2-5,10-11H2,1H3/t14-/m1/s1. The van der Waals surface area contributed by atoms with Gasteiger partial charge in [-0.25, -0.2) is 4.39 Å². The van der Waals surface area contributed by atoms with Gasteiger partial charge in [0.2, 0.25) is 0 Å². The highest BCUT2D eigenvalue weighted by molar-refractivity contribution is 6.00. The number of carbonyl (C=O) groups excluding carboxylic acids is 1. The highest BCUT2D eigenvalue weighted by Crippen LogP contribution is 2.19. The molecule has 0 amide bonds. The minimum atomic E-state index is -0.292. The van der Waals surface area contributed by atoms with Gasteiger partial charge in [0.15, 0.2) is 5.78 Å². The molecule has 0 N–H and O–H groups in total. The van der Waals surface area contributed by atoms with Crippen LogP contribution in [0, 0.1) is 5.82 Å². The van der Waals surface area contributed by atoms with Crippen LogP contribution in [0.25, 0.3) is 0 Å². The van der Waals surface area contributed by atoms with E-state index in [1.54, 1.807) is 12.1 Å². The van der Waals surface area contributed by atoms with Crippen molar-refractivity contribution >= 4 is 5.78 Å². The van der Waals surface area contributed by atoms with E-state index >= 15 is 0 Å². The van der Waals surface area contributed by atoms with Crippen molar-refractivity contribution in [3.05, 3.63) is 35.6 Å². The first-order valence-electron chi connectivity index (χ1n) is 6.76. The van der Waals surface area contributed by atoms with E-state index < -0.39 is 0 Å². The Morgan fingerprint density at radius 1 is 1.28 bits per heavy atom. The summed E-state index contributed by atoms with van der Waals surface area (Å²) >= 11 is 0. The van der Waals surface area contributed by atoms with Crippen LogP contribution in [0.15, 0.2) is 24.3 Å². The average molecular weight is 249 g/mol. The Morgan fingerprint density at radius 2 is 1.89 bits per heavy atom. The zero-order valence-electron chi connectivity index (χ0n) is 10.9. The van der Waals surface area contributed by atoms with Gasteiger partial charge in [0.05, 0.1) is 6.04 Å². The molecule has 0 unspecified atom stereocenters. The van der Waals surface area contributed by atoms with Crippen molar-refractivity contribution in [3.8, 4) is 0 Å². The molecule has 2 rings (SSSR count). The van der Waals surface area contributed by atoms with E-state index in [4.69, 9.17) is 0 Å². The molecule has 0 saturated carbocycles. The van der Waals surface area contributed by atoms with Gasteiger partial charge in [-0.1, -0.05) is 13.3 Å². The minimum Gasteiger partial charge on any atom is -0.293 e. The van der Waals surface area contributed by atoms with Crippen LogP contribution in [0.2, 0.25) is 0 Å². The number of carbonyl (C=O) groups is 1. The Hall–Kier alpha value is -1.22. The van der Waals surface area contributed by atoms with E-state index in [2.05, 4.69) is 11.8 Å². The molecule has 1 heterocycles. The third kappa shape index (κ3) is 2.96. The van der Waals surface area contributed by atoms with Gasteiger partial charge in [-0.3, -0.25) is 9.69 Å². The Labute approximate surface area is 108 Å². The van der Waals surface area contributed by atoms with Gasteiger partial charge in [-0.2, -0.15) is 0 Å². The van der Waals surface area contributed by atoms with E-state index in [-0.39, 0.29) is 17.6 Å². The Bertz CT molecular complexity index is 395. The molecule has 98 valence electrons. The van der Waals surface area contributed by atoms with E-state index in [0.717, 1.165) is 25.9 Å². The topological polar surface area (TPSA) is 20.3 Å². The van der Waals surface area contributed by atoms with Crippen molar-refractivity contribution in [1.82, 2.24) is 4.90 Å². The molecule has 0 aliphatic carbocycles. The number of halogens is 1. The molecule has 1 saturated heterocycles. The second-order valence-electron chi connectivity index (χ2n) is 4.92. The zero-order valence-corrected chi connectivity index (χ0v) is 10.9. The first-order chi connectivity index (χ1) is 8.72. The molecule has 0 aromatic heterocycles. The van der Waals surface area contributed by atoms with E-state index in [1.165, 1.54) is 25.0 Å². The van der Waals surface area contributed by atoms with Crippen molar-refractivity contribution in [2.75, 3.05) is 13.1 Å². The minimum absolute atomic E-state index is 0.0250. The van der Waals surface area contributed by atoms with Crippen LogP contribution >= 0.6 is 0 Å². The predicted molar refractivity (Wildman–Crippen MR) is 70.2 cm³/mol. The van der Waals surface area contributed by atoms with Crippen molar-refractivity contribution in [1.29, 1.82) is 0 Å². The van der Waals surface area contributed by atoms with E-state index in [0.29, 0.717) is 5.56 Å². The highest BCUT2D eigenvalue weighted by atomic mass is 19.1. The van der Waals surface area contributed by atoms with Crippen LogP contribution in [-0.2, 0) is 0 Å². The lowest BCUT2D eigenvalue weighted by molar-refractivity contribution is 0.0837. The molecule has 1 aliphatic heterocycles. The molecule has 1 fully saturated rings. The third-order valence-electron chi connectivity index (χ3n) is 3.57. The quantitative estimate of drug-likeness (QED) is 0.746. The van der Waals surface area contributed by atoms with Gasteiger partial charge < -0.3 is 0 Å². The highest BCUT2D eigenvalue weighted by Gasteiger charge is 2.27. The number of hydrogen-bond acceptors (Lipinski definition) is 2. The summed E-state index contributed by atoms with van der Waals surface area (Å²) in [6.45, 7) is 4.12. The van der Waals surface area contributed by atoms with Crippen molar-refractivity contribution in [3.63, 3.8) is 0 Å². The lowest BCUT2D eigenvalue weighted by Crippen LogP contribution is -2.39. The normalized spacial score (nSPS) is 17.9. The number of hydrogen-bond donors (Lipinski definition) is 0. The second kappa shape index (κ2) is 6.10. The van der Waals surface area contributed by atoms with Crippen LogP contribution in [0.4, 0.5) is 4.39 Å². The Balaban J connectivity index is 2.14. The summed E-state index contributed by atoms with van der Waals surface area (Å²) in [7, 11) is 0. The summed E-state index contributed by atoms with van der Waals surface area (Å²) in [5, 5.41) is 0. The molecule has 3 heteroatoms. The molecule has 2 nitrogen and oxygen atoms in total. The lowest BCUT2D eigenvalue weighted by Gasteiger charge is -2.26. The number of Topliss-reactive ketones (excluding diaryl/α,β-unsaturated/α-hetero) is 1. The number of benzene rings is 1. The largest absolute Gasteiger partial charge is 0.293 e. The van der Waals surface area contributed by atoms with Crippen LogP contribution in [0.3, 0.4) is 0 Å². The molecule has 18 heavy (non-hydrogen) atoms. The molecule has 1 aliphatic rings. The first kappa shape index (κ1) is 13.2. The van der Waals surface area contributed by atoms with E-state index in [9.17, 15) is 9.18 Å². The molecule has 1 aromatic carbocycles. The summed E-state index contributed by atoms with van der Waals surface area (Å²) in [6, 6.07) is 5.88. The number of nitrogens with zero attached hydrogens (tertiary/aromatic N) is 1. The van der Waals surface area contributed by atoms with Crippen molar-refractivity contribution < 1.29 is 9.18 Å². The van der Waals surface area contributed by atoms with Crippen LogP contribution in [0.5, 0.6) is 0 Å². The van der Waals surface area contributed by atoms with Gasteiger partial charge >= 0.3 is 0 Å². The molecular weight excluding hydrogens is 229 g/mol. The Morgan fingerprint density at radius 3 is 2.44 bits per heavy atom. The maximum Gasteiger partial charge on any atom is 0.179 e. The molecule has 1 aromatic rings. The molecule has 0 radical (unpaired) electrons. The first-order valence-corrected chi connectivity index (χ1v) is 6.76.